The summed E-state index contributed by atoms with van der Waals surface area (Å²) in [7, 11) is 1.30. The molecular weight excluding hydrogens is 528 g/mol. The Morgan fingerprint density at radius 2 is 2.05 bits per heavy atom. The predicted molar refractivity (Wildman–Crippen MR) is 130 cm³/mol. The first-order valence-corrected chi connectivity index (χ1v) is 12.3. The number of rotatable bonds is 6. The summed E-state index contributed by atoms with van der Waals surface area (Å²) in [5.41, 5.74) is 6.03. The quantitative estimate of drug-likeness (QED) is 0.351. The molecule has 1 aliphatic heterocycles. The predicted octanol–water partition coefficient (Wildman–Crippen LogP) is 3.37. The molecule has 5 heterocycles. The standard InChI is InChI=1S/C23H22F4N8O2S/c1-11(18-6-29-10-38-18)34-7-15(24)16(8-34)33-21(36)13-3-12(5-30-22(13)37-2)17-4-14(23(25,26)27)19-20(28)31-9-32-35(17)19/h3-6,9-11,15-16H,7-8H2,1-2H3,(H,33,36)(H2,28,31,32)/t11?,15-,16+/m0/s1. The molecule has 200 valence electrons. The van der Waals surface area contributed by atoms with E-state index in [0.29, 0.717) is 0 Å². The van der Waals surface area contributed by atoms with Crippen LogP contribution in [0.2, 0.25) is 0 Å². The van der Waals surface area contributed by atoms with E-state index in [1.54, 1.807) is 11.7 Å². The van der Waals surface area contributed by atoms with Crippen LogP contribution in [-0.4, -0.2) is 67.8 Å². The average Bonchev–Trinajstić information content (AvgIpc) is 3.63. The number of amides is 1. The van der Waals surface area contributed by atoms with Crippen molar-refractivity contribution >= 4 is 28.6 Å². The molecule has 0 aromatic carbocycles. The number of carbonyl (C=O) groups is 1. The van der Waals surface area contributed by atoms with Gasteiger partial charge in [-0.3, -0.25) is 14.7 Å². The van der Waals surface area contributed by atoms with Gasteiger partial charge in [-0.25, -0.2) is 18.9 Å². The van der Waals surface area contributed by atoms with E-state index in [4.69, 9.17) is 10.5 Å². The second-order valence-electron chi connectivity index (χ2n) is 8.76. The number of pyridine rings is 1. The zero-order valence-electron chi connectivity index (χ0n) is 20.1. The molecule has 10 nitrogen and oxygen atoms in total. The Morgan fingerprint density at radius 1 is 1.26 bits per heavy atom. The first-order valence-electron chi connectivity index (χ1n) is 11.4. The number of fused-ring (bicyclic) bond motifs is 1. The maximum Gasteiger partial charge on any atom is 0.418 e. The number of nitrogens with two attached hydrogens (primary N) is 1. The Bertz CT molecular complexity index is 1480. The number of aromatic nitrogens is 5. The summed E-state index contributed by atoms with van der Waals surface area (Å²) in [5, 5.41) is 6.60. The van der Waals surface area contributed by atoms with Crippen LogP contribution in [0.25, 0.3) is 16.8 Å². The number of anilines is 1. The summed E-state index contributed by atoms with van der Waals surface area (Å²) in [6.45, 7) is 2.32. The number of hydrogen-bond donors (Lipinski definition) is 2. The molecule has 3 N–H and O–H groups in total. The van der Waals surface area contributed by atoms with E-state index in [1.807, 2.05) is 11.8 Å². The Morgan fingerprint density at radius 3 is 2.74 bits per heavy atom. The van der Waals surface area contributed by atoms with E-state index in [2.05, 4.69) is 25.4 Å². The van der Waals surface area contributed by atoms with Crippen molar-refractivity contribution in [3.05, 3.63) is 52.4 Å². The van der Waals surface area contributed by atoms with E-state index in [1.165, 1.54) is 30.7 Å². The number of ether oxygens (including phenoxy) is 1. The van der Waals surface area contributed by atoms with Crippen molar-refractivity contribution in [1.29, 1.82) is 0 Å². The Labute approximate surface area is 217 Å². The molecule has 5 rings (SSSR count). The van der Waals surface area contributed by atoms with Gasteiger partial charge in [0.1, 0.15) is 23.6 Å². The molecule has 0 radical (unpaired) electrons. The summed E-state index contributed by atoms with van der Waals surface area (Å²) in [6, 6.07) is 1.28. The molecule has 0 saturated carbocycles. The molecule has 38 heavy (non-hydrogen) atoms. The largest absolute Gasteiger partial charge is 0.480 e. The molecule has 1 fully saturated rings. The lowest BCUT2D eigenvalue weighted by atomic mass is 10.1. The Hall–Kier alpha value is -3.85. The van der Waals surface area contributed by atoms with Crippen molar-refractivity contribution in [3.63, 3.8) is 0 Å². The summed E-state index contributed by atoms with van der Waals surface area (Å²) < 4.78 is 62.3. The van der Waals surface area contributed by atoms with Crippen LogP contribution in [-0.2, 0) is 6.18 Å². The Kier molecular flexibility index (Phi) is 6.65. The number of likely N-dealkylation sites (tertiary alicyclic amines) is 1. The number of methoxy groups -OCH3 is 1. The van der Waals surface area contributed by atoms with Crippen LogP contribution in [0.4, 0.5) is 23.4 Å². The number of nitrogens with zero attached hydrogens (tertiary/aromatic N) is 6. The minimum atomic E-state index is -4.73. The minimum absolute atomic E-state index is 0.0144. The molecule has 3 atom stereocenters. The van der Waals surface area contributed by atoms with Gasteiger partial charge in [-0.05, 0) is 19.1 Å². The molecule has 15 heteroatoms. The van der Waals surface area contributed by atoms with Crippen LogP contribution in [0.1, 0.15) is 33.8 Å². The van der Waals surface area contributed by atoms with Gasteiger partial charge in [-0.2, -0.15) is 18.3 Å². The normalized spacial score (nSPS) is 19.1. The molecule has 0 spiro atoms. The number of thiazole rings is 1. The lowest BCUT2D eigenvalue weighted by Crippen LogP contribution is -2.41. The molecule has 0 aliphatic carbocycles. The summed E-state index contributed by atoms with van der Waals surface area (Å²) in [4.78, 5) is 28.0. The smallest absolute Gasteiger partial charge is 0.418 e. The highest BCUT2D eigenvalue weighted by molar-refractivity contribution is 7.09. The fourth-order valence-corrected chi connectivity index (χ4v) is 5.22. The van der Waals surface area contributed by atoms with Gasteiger partial charge in [0.15, 0.2) is 5.82 Å². The maximum atomic E-state index is 14.9. The maximum absolute atomic E-state index is 14.9. The van der Waals surface area contributed by atoms with Crippen molar-refractivity contribution < 1.29 is 27.1 Å². The lowest BCUT2D eigenvalue weighted by Gasteiger charge is -2.22. The molecule has 1 saturated heterocycles. The number of nitrogens with one attached hydrogen (secondary N) is 1. The highest BCUT2D eigenvalue weighted by atomic mass is 32.1. The van der Waals surface area contributed by atoms with Gasteiger partial charge in [-0.15, -0.1) is 11.3 Å². The first kappa shape index (κ1) is 25.8. The molecule has 4 aromatic rings. The van der Waals surface area contributed by atoms with E-state index in [9.17, 15) is 22.4 Å². The third-order valence-corrected chi connectivity index (χ3v) is 7.42. The van der Waals surface area contributed by atoms with E-state index < -0.39 is 35.4 Å². The van der Waals surface area contributed by atoms with Crippen LogP contribution >= 0.6 is 11.3 Å². The van der Waals surface area contributed by atoms with Crippen molar-refractivity contribution in [2.45, 2.75) is 31.4 Å². The summed E-state index contributed by atoms with van der Waals surface area (Å²) in [6.07, 6.45) is -2.06. The minimum Gasteiger partial charge on any atom is -0.480 e. The average molecular weight is 551 g/mol. The van der Waals surface area contributed by atoms with E-state index >= 15 is 0 Å². The van der Waals surface area contributed by atoms with Crippen LogP contribution in [0.3, 0.4) is 0 Å². The molecule has 0 bridgehead atoms. The van der Waals surface area contributed by atoms with Crippen LogP contribution < -0.4 is 15.8 Å². The molecule has 1 unspecified atom stereocenters. The second kappa shape index (κ2) is 9.79. The zero-order chi connectivity index (χ0) is 27.2. The van der Waals surface area contributed by atoms with Crippen LogP contribution in [0.15, 0.2) is 36.4 Å². The zero-order valence-corrected chi connectivity index (χ0v) is 20.9. The Balaban J connectivity index is 1.45. The van der Waals surface area contributed by atoms with Gasteiger partial charge in [0, 0.05) is 42.0 Å². The van der Waals surface area contributed by atoms with Crippen molar-refractivity contribution in [1.82, 2.24) is 34.8 Å². The van der Waals surface area contributed by atoms with E-state index in [0.717, 1.165) is 21.8 Å². The SMILES string of the molecule is COc1ncc(-c2cc(C(F)(F)F)c3c(N)ncnn23)cc1C(=O)N[C@@H]1CN(C(C)c2cncs2)C[C@@H]1F. The van der Waals surface area contributed by atoms with Crippen molar-refractivity contribution in [2.24, 2.45) is 0 Å². The van der Waals surface area contributed by atoms with E-state index in [-0.39, 0.29) is 47.7 Å². The second-order valence-corrected chi connectivity index (χ2v) is 9.68. The molecule has 1 amide bonds. The van der Waals surface area contributed by atoms with Crippen LogP contribution in [0.5, 0.6) is 5.88 Å². The molecular formula is C23H22F4N8O2S. The molecule has 4 aromatic heterocycles. The fourth-order valence-electron chi connectivity index (χ4n) is 4.51. The topological polar surface area (TPSA) is 124 Å². The number of halogens is 4. The first-order chi connectivity index (χ1) is 18.1. The number of nitrogen functional groups attached to an aromatic ring is 1. The third kappa shape index (κ3) is 4.62. The molecule has 1 aliphatic rings. The number of alkyl halides is 4. The van der Waals surface area contributed by atoms with Gasteiger partial charge < -0.3 is 15.8 Å². The van der Waals surface area contributed by atoms with Gasteiger partial charge >= 0.3 is 6.18 Å². The lowest BCUT2D eigenvalue weighted by molar-refractivity contribution is -0.136. The van der Waals surface area contributed by atoms with Crippen molar-refractivity contribution in [2.75, 3.05) is 25.9 Å². The van der Waals surface area contributed by atoms with Gasteiger partial charge in [0.25, 0.3) is 5.91 Å². The van der Waals surface area contributed by atoms with Gasteiger partial charge in [0.2, 0.25) is 5.88 Å². The monoisotopic (exact) mass is 550 g/mol. The van der Waals surface area contributed by atoms with Crippen LogP contribution in [0, 0.1) is 0 Å². The van der Waals surface area contributed by atoms with Gasteiger partial charge in [0.05, 0.1) is 29.9 Å². The highest BCUT2D eigenvalue weighted by Gasteiger charge is 2.38. The number of carbonyl (C=O) groups excluding carboxylic acids is 1. The number of hydrogen-bond acceptors (Lipinski definition) is 9. The van der Waals surface area contributed by atoms with Gasteiger partial charge in [-0.1, -0.05) is 0 Å². The summed E-state index contributed by atoms with van der Waals surface area (Å²) >= 11 is 1.46. The fraction of sp³-hybridized carbons (Fsp3) is 0.348. The summed E-state index contributed by atoms with van der Waals surface area (Å²) in [5.74, 6) is -1.10. The third-order valence-electron chi connectivity index (χ3n) is 6.48. The van der Waals surface area contributed by atoms with Crippen molar-refractivity contribution in [3.8, 4) is 17.1 Å². The highest BCUT2D eigenvalue weighted by Crippen LogP contribution is 2.39.